The Morgan fingerprint density at radius 3 is 2.65 bits per heavy atom. The van der Waals surface area contributed by atoms with E-state index in [1.54, 1.807) is 12.1 Å². The summed E-state index contributed by atoms with van der Waals surface area (Å²) < 4.78 is 26.7. The van der Waals surface area contributed by atoms with Gasteiger partial charge in [-0.2, -0.15) is 0 Å². The Bertz CT molecular complexity index is 646. The van der Waals surface area contributed by atoms with E-state index in [0.717, 1.165) is 6.07 Å². The minimum Gasteiger partial charge on any atom is -0.337 e. The molecule has 2 rings (SSSR count). The Labute approximate surface area is 120 Å². The highest BCUT2D eigenvalue weighted by Crippen LogP contribution is 2.17. The van der Waals surface area contributed by atoms with E-state index in [9.17, 15) is 13.6 Å². The molecule has 104 valence electrons. The Morgan fingerprint density at radius 1 is 1.20 bits per heavy atom. The minimum absolute atomic E-state index is 0.101. The van der Waals surface area contributed by atoms with E-state index >= 15 is 0 Å². The van der Waals surface area contributed by atoms with Crippen LogP contribution in [-0.2, 0) is 6.54 Å². The van der Waals surface area contributed by atoms with Crippen molar-refractivity contribution < 1.29 is 13.6 Å². The van der Waals surface area contributed by atoms with Crippen LogP contribution in [0.4, 0.5) is 8.78 Å². The fourth-order valence-electron chi connectivity index (χ4n) is 1.85. The summed E-state index contributed by atoms with van der Waals surface area (Å²) in [5.74, 6) is -1.52. The van der Waals surface area contributed by atoms with Crippen molar-refractivity contribution in [2.45, 2.75) is 6.54 Å². The molecule has 2 aromatic rings. The molecular formula is C15H12ClF2NO. The quantitative estimate of drug-likeness (QED) is 0.841. The average molecular weight is 296 g/mol. The van der Waals surface area contributed by atoms with E-state index in [0.29, 0.717) is 5.56 Å². The van der Waals surface area contributed by atoms with Gasteiger partial charge in [-0.05, 0) is 35.9 Å². The fourth-order valence-corrected chi connectivity index (χ4v) is 2.02. The van der Waals surface area contributed by atoms with Crippen molar-refractivity contribution in [3.05, 3.63) is 70.2 Å². The first-order valence-electron chi connectivity index (χ1n) is 5.92. The van der Waals surface area contributed by atoms with Crippen LogP contribution in [0.25, 0.3) is 0 Å². The first kappa shape index (κ1) is 14.5. The predicted molar refractivity (Wildman–Crippen MR) is 73.6 cm³/mol. The van der Waals surface area contributed by atoms with Crippen molar-refractivity contribution >= 4 is 17.5 Å². The molecule has 0 spiro atoms. The molecule has 1 amide bonds. The van der Waals surface area contributed by atoms with Crippen LogP contribution in [-0.4, -0.2) is 17.9 Å². The summed E-state index contributed by atoms with van der Waals surface area (Å²) in [5.41, 5.74) is 0.527. The molecule has 0 radical (unpaired) electrons. The summed E-state index contributed by atoms with van der Waals surface area (Å²) >= 11 is 5.76. The maximum Gasteiger partial charge on any atom is 0.256 e. The van der Waals surface area contributed by atoms with Crippen molar-refractivity contribution in [3.63, 3.8) is 0 Å². The number of amides is 1. The SMILES string of the molecule is CN(Cc1cccc(F)c1)C(=O)c1cc(Cl)ccc1F. The maximum atomic E-state index is 13.6. The molecule has 5 heteroatoms. The van der Waals surface area contributed by atoms with Crippen LogP contribution >= 0.6 is 11.6 Å². The molecule has 0 aliphatic carbocycles. The third-order valence-electron chi connectivity index (χ3n) is 2.81. The normalized spacial score (nSPS) is 10.4. The van der Waals surface area contributed by atoms with E-state index < -0.39 is 11.7 Å². The minimum atomic E-state index is -0.634. The lowest BCUT2D eigenvalue weighted by Gasteiger charge is -2.18. The van der Waals surface area contributed by atoms with Gasteiger partial charge in [-0.15, -0.1) is 0 Å². The summed E-state index contributed by atoms with van der Waals surface area (Å²) in [7, 11) is 1.52. The monoisotopic (exact) mass is 295 g/mol. The Balaban J connectivity index is 2.18. The molecule has 0 unspecified atom stereocenters. The molecule has 20 heavy (non-hydrogen) atoms. The number of carbonyl (C=O) groups excluding carboxylic acids is 1. The van der Waals surface area contributed by atoms with Gasteiger partial charge in [-0.1, -0.05) is 23.7 Å². The van der Waals surface area contributed by atoms with E-state index in [4.69, 9.17) is 11.6 Å². The lowest BCUT2D eigenvalue weighted by molar-refractivity contribution is 0.0780. The van der Waals surface area contributed by atoms with E-state index in [1.807, 2.05) is 0 Å². The van der Waals surface area contributed by atoms with Crippen molar-refractivity contribution in [2.75, 3.05) is 7.05 Å². The predicted octanol–water partition coefficient (Wildman–Crippen LogP) is 3.89. The lowest BCUT2D eigenvalue weighted by Crippen LogP contribution is -2.27. The molecule has 0 aliphatic heterocycles. The summed E-state index contributed by atoms with van der Waals surface area (Å²) in [6.07, 6.45) is 0. The zero-order chi connectivity index (χ0) is 14.7. The second-order valence-electron chi connectivity index (χ2n) is 4.42. The first-order chi connectivity index (χ1) is 9.47. The summed E-state index contributed by atoms with van der Waals surface area (Å²) in [6, 6.07) is 9.71. The molecule has 0 bridgehead atoms. The highest BCUT2D eigenvalue weighted by molar-refractivity contribution is 6.30. The molecule has 0 heterocycles. The van der Waals surface area contributed by atoms with Crippen LogP contribution in [0.2, 0.25) is 5.02 Å². The largest absolute Gasteiger partial charge is 0.337 e. The Morgan fingerprint density at radius 2 is 1.95 bits per heavy atom. The number of hydrogen-bond donors (Lipinski definition) is 0. The number of halogens is 3. The standard InChI is InChI=1S/C15H12ClF2NO/c1-19(9-10-3-2-4-12(17)7-10)15(20)13-8-11(16)5-6-14(13)18/h2-8H,9H2,1H3. The van der Waals surface area contributed by atoms with Gasteiger partial charge in [0.1, 0.15) is 11.6 Å². The van der Waals surface area contributed by atoms with Gasteiger partial charge < -0.3 is 4.90 Å². The average Bonchev–Trinajstić information content (AvgIpc) is 2.40. The van der Waals surface area contributed by atoms with Crippen molar-refractivity contribution in [1.29, 1.82) is 0 Å². The zero-order valence-electron chi connectivity index (χ0n) is 10.7. The highest BCUT2D eigenvalue weighted by atomic mass is 35.5. The van der Waals surface area contributed by atoms with Gasteiger partial charge >= 0.3 is 0 Å². The van der Waals surface area contributed by atoms with Crippen molar-refractivity contribution in [2.24, 2.45) is 0 Å². The zero-order valence-corrected chi connectivity index (χ0v) is 11.5. The number of hydrogen-bond acceptors (Lipinski definition) is 1. The number of benzene rings is 2. The first-order valence-corrected chi connectivity index (χ1v) is 6.30. The molecule has 0 atom stereocenters. The Kier molecular flexibility index (Phi) is 4.35. The Hall–Kier alpha value is -1.94. The van der Waals surface area contributed by atoms with E-state index in [1.165, 1.54) is 36.2 Å². The topological polar surface area (TPSA) is 20.3 Å². The van der Waals surface area contributed by atoms with Gasteiger partial charge in [0.15, 0.2) is 0 Å². The van der Waals surface area contributed by atoms with Gasteiger partial charge in [0.25, 0.3) is 5.91 Å². The van der Waals surface area contributed by atoms with Gasteiger partial charge in [-0.3, -0.25) is 4.79 Å². The third kappa shape index (κ3) is 3.33. The summed E-state index contributed by atoms with van der Waals surface area (Å²) in [6.45, 7) is 0.183. The molecule has 2 aromatic carbocycles. The summed E-state index contributed by atoms with van der Waals surface area (Å²) in [4.78, 5) is 13.4. The molecule has 0 aromatic heterocycles. The molecule has 0 saturated carbocycles. The molecular weight excluding hydrogens is 284 g/mol. The second kappa shape index (κ2) is 6.01. The number of nitrogens with zero attached hydrogens (tertiary/aromatic N) is 1. The maximum absolute atomic E-state index is 13.6. The number of rotatable bonds is 3. The molecule has 0 aliphatic rings. The van der Waals surface area contributed by atoms with Crippen LogP contribution in [0.3, 0.4) is 0 Å². The second-order valence-corrected chi connectivity index (χ2v) is 4.85. The lowest BCUT2D eigenvalue weighted by atomic mass is 10.1. The van der Waals surface area contributed by atoms with E-state index in [2.05, 4.69) is 0 Å². The van der Waals surface area contributed by atoms with Crippen LogP contribution < -0.4 is 0 Å². The van der Waals surface area contributed by atoms with Crippen LogP contribution in [0.1, 0.15) is 15.9 Å². The van der Waals surface area contributed by atoms with Crippen molar-refractivity contribution in [1.82, 2.24) is 4.90 Å². The van der Waals surface area contributed by atoms with Crippen LogP contribution in [0, 0.1) is 11.6 Å². The number of carbonyl (C=O) groups is 1. The molecule has 0 fully saturated rings. The van der Waals surface area contributed by atoms with Gasteiger partial charge in [0.05, 0.1) is 5.56 Å². The van der Waals surface area contributed by atoms with Crippen molar-refractivity contribution in [3.8, 4) is 0 Å². The highest BCUT2D eigenvalue weighted by Gasteiger charge is 2.17. The van der Waals surface area contributed by atoms with E-state index in [-0.39, 0.29) is 22.9 Å². The molecule has 0 N–H and O–H groups in total. The van der Waals surface area contributed by atoms with Gasteiger partial charge in [-0.25, -0.2) is 8.78 Å². The van der Waals surface area contributed by atoms with Gasteiger partial charge in [0.2, 0.25) is 0 Å². The van der Waals surface area contributed by atoms with Crippen LogP contribution in [0.5, 0.6) is 0 Å². The van der Waals surface area contributed by atoms with Gasteiger partial charge in [0, 0.05) is 18.6 Å². The summed E-state index contributed by atoms with van der Waals surface area (Å²) in [5, 5.41) is 0.286. The van der Waals surface area contributed by atoms with Crippen LogP contribution in [0.15, 0.2) is 42.5 Å². The molecule has 0 saturated heterocycles. The third-order valence-corrected chi connectivity index (χ3v) is 3.05. The fraction of sp³-hybridized carbons (Fsp3) is 0.133. The smallest absolute Gasteiger partial charge is 0.256 e. The molecule has 2 nitrogen and oxygen atoms in total.